The quantitative estimate of drug-likeness (QED) is 0.723. The fourth-order valence-electron chi connectivity index (χ4n) is 2.99. The zero-order valence-corrected chi connectivity index (χ0v) is 14.7. The molecule has 0 amide bonds. The Morgan fingerprint density at radius 3 is 2.54 bits per heavy atom. The number of anilines is 1. The molecule has 8 heteroatoms. The second-order valence-corrected chi connectivity index (χ2v) is 8.72. The van der Waals surface area contributed by atoms with Crippen molar-refractivity contribution in [3.63, 3.8) is 0 Å². The first-order valence-corrected chi connectivity index (χ1v) is 10.2. The minimum absolute atomic E-state index is 0.487. The third kappa shape index (κ3) is 2.74. The van der Waals surface area contributed by atoms with Gasteiger partial charge in [0, 0.05) is 26.2 Å². The van der Waals surface area contributed by atoms with Gasteiger partial charge in [0.2, 0.25) is 0 Å². The highest BCUT2D eigenvalue weighted by molar-refractivity contribution is 7.63. The van der Waals surface area contributed by atoms with Crippen molar-refractivity contribution >= 4 is 40.2 Å². The highest BCUT2D eigenvalue weighted by Gasteiger charge is 2.33. The number of hydrogen-bond donors (Lipinski definition) is 1. The molecule has 1 fully saturated rings. The summed E-state index contributed by atoms with van der Waals surface area (Å²) in [5, 5.41) is 3.54. The molecule has 0 radical (unpaired) electrons. The predicted octanol–water partition coefficient (Wildman–Crippen LogP) is 2.32. The summed E-state index contributed by atoms with van der Waals surface area (Å²) >= 11 is 1.59. The maximum atomic E-state index is 12.8. The Labute approximate surface area is 143 Å². The first-order chi connectivity index (χ1) is 11.7. The number of aromatic nitrogens is 2. The molecule has 1 aliphatic heterocycles. The smallest absolute Gasteiger partial charge is 0.299 e. The summed E-state index contributed by atoms with van der Waals surface area (Å²) in [7, 11) is -3.50. The first kappa shape index (κ1) is 15.7. The molecular formula is C16H17N4O2PS. The van der Waals surface area contributed by atoms with Crippen LogP contribution in [0.5, 0.6) is 0 Å². The minimum atomic E-state index is -3.50. The maximum Gasteiger partial charge on any atom is 0.299 e. The van der Waals surface area contributed by atoms with E-state index in [-0.39, 0.29) is 0 Å². The topological polar surface area (TPSA) is 69.6 Å². The van der Waals surface area contributed by atoms with Crippen LogP contribution in [0.2, 0.25) is 0 Å². The molecule has 3 aromatic rings. The maximum absolute atomic E-state index is 12.8. The molecule has 4 rings (SSSR count). The van der Waals surface area contributed by atoms with Crippen molar-refractivity contribution in [1.82, 2.24) is 14.6 Å². The average Bonchev–Trinajstić information content (AvgIpc) is 3.11. The first-order valence-electron chi connectivity index (χ1n) is 7.73. The largest absolute Gasteiger partial charge is 0.353 e. The second kappa shape index (κ2) is 6.26. The van der Waals surface area contributed by atoms with Gasteiger partial charge in [-0.2, -0.15) is 0 Å². The van der Waals surface area contributed by atoms with E-state index in [4.69, 9.17) is 0 Å². The molecule has 6 nitrogen and oxygen atoms in total. The lowest BCUT2D eigenvalue weighted by Crippen LogP contribution is -2.46. The van der Waals surface area contributed by atoms with E-state index in [0.29, 0.717) is 31.5 Å². The van der Waals surface area contributed by atoms with Crippen LogP contribution in [0.3, 0.4) is 0 Å². The van der Waals surface area contributed by atoms with Crippen molar-refractivity contribution in [2.24, 2.45) is 0 Å². The molecule has 2 aromatic heterocycles. The van der Waals surface area contributed by atoms with Crippen molar-refractivity contribution in [3.05, 3.63) is 48.1 Å². The normalized spacial score (nSPS) is 18.6. The lowest BCUT2D eigenvalue weighted by molar-refractivity contribution is 0.338. The monoisotopic (exact) mass is 360 g/mol. The average molecular weight is 360 g/mol. The summed E-state index contributed by atoms with van der Waals surface area (Å²) in [6.07, 6.45) is 1.58. The van der Waals surface area contributed by atoms with Gasteiger partial charge in [-0.25, -0.2) is 14.6 Å². The van der Waals surface area contributed by atoms with E-state index in [1.54, 1.807) is 46.6 Å². The lowest BCUT2D eigenvalue weighted by atomic mass is 10.3. The van der Waals surface area contributed by atoms with Gasteiger partial charge in [-0.3, -0.25) is 4.57 Å². The van der Waals surface area contributed by atoms with Gasteiger partial charge in [0.05, 0.1) is 10.7 Å². The van der Waals surface area contributed by atoms with Crippen LogP contribution in [0.25, 0.3) is 10.2 Å². The van der Waals surface area contributed by atoms with E-state index in [2.05, 4.69) is 14.9 Å². The number of thiophene rings is 1. The van der Waals surface area contributed by atoms with Crippen molar-refractivity contribution in [1.29, 1.82) is 0 Å². The van der Waals surface area contributed by atoms with Gasteiger partial charge in [0.25, 0.3) is 7.52 Å². The van der Waals surface area contributed by atoms with E-state index >= 15 is 0 Å². The highest BCUT2D eigenvalue weighted by Crippen LogP contribution is 2.44. The van der Waals surface area contributed by atoms with E-state index in [9.17, 15) is 9.46 Å². The Bertz CT molecular complexity index is 893. The summed E-state index contributed by atoms with van der Waals surface area (Å²) in [6.45, 7) is 2.38. The van der Waals surface area contributed by atoms with Crippen LogP contribution in [0.1, 0.15) is 0 Å². The van der Waals surface area contributed by atoms with Gasteiger partial charge in [-0.05, 0) is 23.6 Å². The van der Waals surface area contributed by atoms with Crippen LogP contribution in [0.15, 0.2) is 48.1 Å². The van der Waals surface area contributed by atoms with E-state index < -0.39 is 7.52 Å². The Hall–Kier alpha value is -1.79. The second-order valence-electron chi connectivity index (χ2n) is 5.66. The number of rotatable bonds is 3. The van der Waals surface area contributed by atoms with Crippen LogP contribution in [0.4, 0.5) is 5.82 Å². The third-order valence-corrected chi connectivity index (χ3v) is 7.23. The standard InChI is InChI=1S/C16H17N4O2PS/c21-23(22,13-4-2-1-3-5-13)20-9-7-19(8-10-20)15-14-6-11-24-16(14)18-12-17-15/h1-6,11-12H,7-10H2,(H,21,22). The van der Waals surface area contributed by atoms with Crippen molar-refractivity contribution < 1.29 is 9.46 Å². The number of hydrogen-bond acceptors (Lipinski definition) is 5. The molecular weight excluding hydrogens is 343 g/mol. The van der Waals surface area contributed by atoms with E-state index in [1.165, 1.54) is 0 Å². The van der Waals surface area contributed by atoms with Crippen molar-refractivity contribution in [2.45, 2.75) is 0 Å². The summed E-state index contributed by atoms with van der Waals surface area (Å²) in [6, 6.07) is 10.9. The lowest BCUT2D eigenvalue weighted by Gasteiger charge is -2.37. The van der Waals surface area contributed by atoms with Crippen LogP contribution < -0.4 is 10.2 Å². The molecule has 1 unspecified atom stereocenters. The van der Waals surface area contributed by atoms with E-state index in [0.717, 1.165) is 16.0 Å². The Balaban J connectivity index is 1.53. The van der Waals surface area contributed by atoms with Crippen LogP contribution in [-0.4, -0.2) is 45.7 Å². The van der Waals surface area contributed by atoms with Gasteiger partial charge in [-0.1, -0.05) is 18.2 Å². The molecule has 3 heterocycles. The van der Waals surface area contributed by atoms with Gasteiger partial charge in [-0.15, -0.1) is 11.3 Å². The zero-order valence-electron chi connectivity index (χ0n) is 12.9. The number of nitrogens with zero attached hydrogens (tertiary/aromatic N) is 4. The number of piperazine rings is 1. The molecule has 0 spiro atoms. The molecule has 1 atom stereocenters. The molecule has 24 heavy (non-hydrogen) atoms. The SMILES string of the molecule is O=P(O)(c1ccccc1)N1CCN(c2ncnc3sccc23)CC1. The highest BCUT2D eigenvalue weighted by atomic mass is 32.1. The van der Waals surface area contributed by atoms with Crippen LogP contribution in [0, 0.1) is 0 Å². The zero-order chi connectivity index (χ0) is 16.6. The summed E-state index contributed by atoms with van der Waals surface area (Å²) in [4.78, 5) is 22.4. The Morgan fingerprint density at radius 2 is 1.79 bits per heavy atom. The molecule has 124 valence electrons. The summed E-state index contributed by atoms with van der Waals surface area (Å²) < 4.78 is 14.5. The van der Waals surface area contributed by atoms with Gasteiger partial charge >= 0.3 is 0 Å². The predicted molar refractivity (Wildman–Crippen MR) is 97.1 cm³/mol. The Morgan fingerprint density at radius 1 is 1.04 bits per heavy atom. The van der Waals surface area contributed by atoms with Crippen LogP contribution in [-0.2, 0) is 4.57 Å². The molecule has 0 bridgehead atoms. The molecule has 0 saturated carbocycles. The minimum Gasteiger partial charge on any atom is -0.353 e. The number of benzene rings is 1. The molecule has 1 aromatic carbocycles. The molecule has 1 aliphatic rings. The molecule has 1 saturated heterocycles. The molecule has 1 N–H and O–H groups in total. The summed E-state index contributed by atoms with van der Waals surface area (Å²) in [5.74, 6) is 0.911. The third-order valence-electron chi connectivity index (χ3n) is 4.27. The fourth-order valence-corrected chi connectivity index (χ4v) is 5.33. The van der Waals surface area contributed by atoms with Crippen LogP contribution >= 0.6 is 18.9 Å². The van der Waals surface area contributed by atoms with Gasteiger partial charge < -0.3 is 9.79 Å². The number of fused-ring (bicyclic) bond motifs is 1. The van der Waals surface area contributed by atoms with Gasteiger partial charge in [0.1, 0.15) is 17.0 Å². The Kier molecular flexibility index (Phi) is 4.10. The molecule has 0 aliphatic carbocycles. The van der Waals surface area contributed by atoms with Crippen molar-refractivity contribution in [2.75, 3.05) is 31.1 Å². The van der Waals surface area contributed by atoms with Crippen molar-refractivity contribution in [3.8, 4) is 0 Å². The van der Waals surface area contributed by atoms with Gasteiger partial charge in [0.15, 0.2) is 0 Å². The fraction of sp³-hybridized carbons (Fsp3) is 0.250. The van der Waals surface area contributed by atoms with E-state index in [1.807, 2.05) is 17.5 Å². The summed E-state index contributed by atoms with van der Waals surface area (Å²) in [5.41, 5.74) is 0.